The summed E-state index contributed by atoms with van der Waals surface area (Å²) in [6, 6.07) is 22.6. The Morgan fingerprint density at radius 1 is 0.846 bits per heavy atom. The maximum atomic E-state index is 5.89. The molecule has 0 amide bonds. The zero-order chi connectivity index (χ0) is 17.8. The summed E-state index contributed by atoms with van der Waals surface area (Å²) in [5.41, 5.74) is 3.42. The second-order valence-corrected chi connectivity index (χ2v) is 6.25. The van der Waals surface area contributed by atoms with Crippen molar-refractivity contribution in [3.05, 3.63) is 72.3 Å². The van der Waals surface area contributed by atoms with E-state index in [0.717, 1.165) is 35.6 Å². The normalized spacial score (nSPS) is 11.1. The quantitative estimate of drug-likeness (QED) is 0.484. The van der Waals surface area contributed by atoms with E-state index in [1.807, 2.05) is 24.3 Å². The summed E-state index contributed by atoms with van der Waals surface area (Å²) >= 11 is 0. The van der Waals surface area contributed by atoms with Crippen LogP contribution in [0.25, 0.3) is 21.8 Å². The van der Waals surface area contributed by atoms with Crippen LogP contribution in [0.3, 0.4) is 0 Å². The number of methoxy groups -OCH3 is 1. The molecule has 4 nitrogen and oxygen atoms in total. The van der Waals surface area contributed by atoms with Crippen LogP contribution in [0.2, 0.25) is 0 Å². The Balaban J connectivity index is 1.38. The van der Waals surface area contributed by atoms with E-state index in [9.17, 15) is 0 Å². The minimum Gasteiger partial charge on any atom is -0.497 e. The van der Waals surface area contributed by atoms with Gasteiger partial charge in [0, 0.05) is 36.0 Å². The number of rotatable bonds is 7. The maximum absolute atomic E-state index is 5.89. The van der Waals surface area contributed by atoms with Crippen molar-refractivity contribution in [2.45, 2.75) is 6.54 Å². The van der Waals surface area contributed by atoms with Crippen molar-refractivity contribution in [1.29, 1.82) is 0 Å². The molecule has 2 N–H and O–H groups in total. The molecule has 1 heterocycles. The van der Waals surface area contributed by atoms with Gasteiger partial charge >= 0.3 is 0 Å². The van der Waals surface area contributed by atoms with Crippen molar-refractivity contribution in [2.24, 2.45) is 0 Å². The molecule has 4 heteroatoms. The number of hydrogen-bond donors (Lipinski definition) is 2. The van der Waals surface area contributed by atoms with Crippen molar-refractivity contribution >= 4 is 21.8 Å². The maximum Gasteiger partial charge on any atom is 0.121 e. The molecule has 4 rings (SSSR count). The van der Waals surface area contributed by atoms with Crippen LogP contribution in [0.15, 0.2) is 66.7 Å². The van der Waals surface area contributed by atoms with Crippen LogP contribution in [0.4, 0.5) is 0 Å². The van der Waals surface area contributed by atoms with E-state index in [2.05, 4.69) is 52.8 Å². The predicted octanol–water partition coefficient (Wildman–Crippen LogP) is 4.50. The highest BCUT2D eigenvalue weighted by molar-refractivity contribution is 6.07. The monoisotopic (exact) mass is 346 g/mol. The molecule has 3 aromatic carbocycles. The van der Waals surface area contributed by atoms with Gasteiger partial charge in [0.1, 0.15) is 18.1 Å². The van der Waals surface area contributed by atoms with E-state index in [1.165, 1.54) is 16.3 Å². The van der Waals surface area contributed by atoms with Crippen molar-refractivity contribution in [3.63, 3.8) is 0 Å². The Kier molecular flexibility index (Phi) is 4.75. The molecule has 0 aliphatic carbocycles. The van der Waals surface area contributed by atoms with E-state index < -0.39 is 0 Å². The third-order valence-electron chi connectivity index (χ3n) is 4.50. The molecule has 0 atom stereocenters. The van der Waals surface area contributed by atoms with E-state index in [4.69, 9.17) is 9.47 Å². The minimum absolute atomic E-state index is 0.631. The summed E-state index contributed by atoms with van der Waals surface area (Å²) in [5.74, 6) is 1.72. The summed E-state index contributed by atoms with van der Waals surface area (Å²) in [4.78, 5) is 3.44. The molecule has 0 saturated carbocycles. The molecule has 0 aliphatic heterocycles. The SMILES string of the molecule is COc1ccc2c(c1)[nH]c1cc(OCCNCc3ccccc3)ccc12. The van der Waals surface area contributed by atoms with Gasteiger partial charge < -0.3 is 19.8 Å². The number of aromatic amines is 1. The number of ether oxygens (including phenoxy) is 2. The third-order valence-corrected chi connectivity index (χ3v) is 4.50. The number of fused-ring (bicyclic) bond motifs is 3. The van der Waals surface area contributed by atoms with Gasteiger partial charge in [0.25, 0.3) is 0 Å². The fourth-order valence-corrected chi connectivity index (χ4v) is 3.15. The first-order valence-electron chi connectivity index (χ1n) is 8.80. The number of hydrogen-bond acceptors (Lipinski definition) is 3. The summed E-state index contributed by atoms with van der Waals surface area (Å²) in [7, 11) is 1.68. The van der Waals surface area contributed by atoms with Gasteiger partial charge in [-0.15, -0.1) is 0 Å². The van der Waals surface area contributed by atoms with Crippen LogP contribution < -0.4 is 14.8 Å². The Morgan fingerprint density at radius 2 is 1.54 bits per heavy atom. The van der Waals surface area contributed by atoms with E-state index in [1.54, 1.807) is 7.11 Å². The van der Waals surface area contributed by atoms with Crippen LogP contribution in [0.1, 0.15) is 5.56 Å². The molecular formula is C22H22N2O2. The average Bonchev–Trinajstić information content (AvgIpc) is 3.05. The van der Waals surface area contributed by atoms with Crippen LogP contribution in [-0.2, 0) is 6.54 Å². The lowest BCUT2D eigenvalue weighted by Gasteiger charge is -2.08. The van der Waals surface area contributed by atoms with Gasteiger partial charge in [-0.05, 0) is 29.8 Å². The molecule has 0 saturated heterocycles. The van der Waals surface area contributed by atoms with Gasteiger partial charge in [-0.1, -0.05) is 30.3 Å². The van der Waals surface area contributed by atoms with Gasteiger partial charge in [0.05, 0.1) is 18.1 Å². The molecule has 132 valence electrons. The van der Waals surface area contributed by atoms with E-state index in [-0.39, 0.29) is 0 Å². The molecule has 0 aliphatic rings. The number of aromatic nitrogens is 1. The molecule has 26 heavy (non-hydrogen) atoms. The lowest BCUT2D eigenvalue weighted by atomic mass is 10.1. The van der Waals surface area contributed by atoms with Crippen molar-refractivity contribution in [2.75, 3.05) is 20.3 Å². The standard InChI is InChI=1S/C22H22N2O2/c1-25-17-7-9-19-20-10-8-18(14-22(20)24-21(19)13-17)26-12-11-23-15-16-5-3-2-4-6-16/h2-10,13-14,23-24H,11-12,15H2,1H3. The average molecular weight is 346 g/mol. The smallest absolute Gasteiger partial charge is 0.121 e. The topological polar surface area (TPSA) is 46.3 Å². The molecular weight excluding hydrogens is 324 g/mol. The first-order valence-corrected chi connectivity index (χ1v) is 8.80. The van der Waals surface area contributed by atoms with Gasteiger partial charge in [-0.3, -0.25) is 0 Å². The van der Waals surface area contributed by atoms with Gasteiger partial charge in [0.2, 0.25) is 0 Å². The second-order valence-electron chi connectivity index (χ2n) is 6.25. The summed E-state index contributed by atoms with van der Waals surface area (Å²) in [6.45, 7) is 2.29. The summed E-state index contributed by atoms with van der Waals surface area (Å²) in [5, 5.41) is 5.78. The van der Waals surface area contributed by atoms with Gasteiger partial charge in [-0.25, -0.2) is 0 Å². The van der Waals surface area contributed by atoms with Crippen molar-refractivity contribution < 1.29 is 9.47 Å². The molecule has 0 radical (unpaired) electrons. The predicted molar refractivity (Wildman–Crippen MR) is 106 cm³/mol. The first-order chi connectivity index (χ1) is 12.8. The third kappa shape index (κ3) is 3.51. The van der Waals surface area contributed by atoms with Gasteiger partial charge in [0.15, 0.2) is 0 Å². The Bertz CT molecular complexity index is 1010. The highest BCUT2D eigenvalue weighted by Gasteiger charge is 2.06. The lowest BCUT2D eigenvalue weighted by Crippen LogP contribution is -2.20. The fourth-order valence-electron chi connectivity index (χ4n) is 3.15. The molecule has 0 spiro atoms. The second kappa shape index (κ2) is 7.50. The first kappa shape index (κ1) is 16.5. The number of benzene rings is 3. The van der Waals surface area contributed by atoms with Crippen LogP contribution in [-0.4, -0.2) is 25.2 Å². The molecule has 0 bridgehead atoms. The Morgan fingerprint density at radius 3 is 2.27 bits per heavy atom. The molecule has 4 aromatic rings. The zero-order valence-corrected chi connectivity index (χ0v) is 14.8. The molecule has 1 aromatic heterocycles. The van der Waals surface area contributed by atoms with E-state index in [0.29, 0.717) is 6.61 Å². The fraction of sp³-hybridized carbons (Fsp3) is 0.182. The number of H-pyrrole nitrogens is 1. The zero-order valence-electron chi connectivity index (χ0n) is 14.8. The van der Waals surface area contributed by atoms with Crippen molar-refractivity contribution in [1.82, 2.24) is 10.3 Å². The lowest BCUT2D eigenvalue weighted by molar-refractivity contribution is 0.314. The molecule has 0 fully saturated rings. The van der Waals surface area contributed by atoms with Gasteiger partial charge in [-0.2, -0.15) is 0 Å². The summed E-state index contributed by atoms with van der Waals surface area (Å²) < 4.78 is 11.2. The Labute approximate surface area is 152 Å². The minimum atomic E-state index is 0.631. The van der Waals surface area contributed by atoms with Crippen LogP contribution >= 0.6 is 0 Å². The highest BCUT2D eigenvalue weighted by atomic mass is 16.5. The van der Waals surface area contributed by atoms with Crippen LogP contribution in [0, 0.1) is 0 Å². The summed E-state index contributed by atoms with van der Waals surface area (Å²) in [6.07, 6.45) is 0. The van der Waals surface area contributed by atoms with Crippen LogP contribution in [0.5, 0.6) is 11.5 Å². The number of nitrogens with one attached hydrogen (secondary N) is 2. The largest absolute Gasteiger partial charge is 0.497 e. The highest BCUT2D eigenvalue weighted by Crippen LogP contribution is 2.30. The molecule has 0 unspecified atom stereocenters. The van der Waals surface area contributed by atoms with Crippen molar-refractivity contribution in [3.8, 4) is 11.5 Å². The Hall–Kier alpha value is -2.98. The van der Waals surface area contributed by atoms with E-state index >= 15 is 0 Å².